The van der Waals surface area contributed by atoms with Gasteiger partial charge in [-0.25, -0.2) is 0 Å². The van der Waals surface area contributed by atoms with E-state index < -0.39 is 12.1 Å². The molecule has 0 aliphatic heterocycles. The summed E-state index contributed by atoms with van der Waals surface area (Å²) >= 11 is 0. The Morgan fingerprint density at radius 2 is 1.85 bits per heavy atom. The van der Waals surface area contributed by atoms with Crippen molar-refractivity contribution in [3.63, 3.8) is 0 Å². The summed E-state index contributed by atoms with van der Waals surface area (Å²) in [5, 5.41) is 16.7. The maximum absolute atomic E-state index is 11.4. The van der Waals surface area contributed by atoms with Crippen molar-refractivity contribution < 1.29 is 24.5 Å². The third-order valence-electron chi connectivity index (χ3n) is 3.48. The molecule has 0 saturated heterocycles. The molecule has 0 heterocycles. The molecule has 1 saturated carbocycles. The fourth-order valence-corrected chi connectivity index (χ4v) is 2.29. The number of aliphatic hydroxyl groups is 2. The van der Waals surface area contributed by atoms with Crippen molar-refractivity contribution in [1.29, 1.82) is 0 Å². The molecule has 0 spiro atoms. The van der Waals surface area contributed by atoms with Crippen LogP contribution in [0.2, 0.25) is 0 Å². The second kappa shape index (κ2) is 9.88. The van der Waals surface area contributed by atoms with E-state index in [1.54, 1.807) is 0 Å². The smallest absolute Gasteiger partial charge is 0.303 e. The third kappa shape index (κ3) is 7.60. The van der Waals surface area contributed by atoms with Crippen LogP contribution in [0.15, 0.2) is 0 Å². The zero-order valence-corrected chi connectivity index (χ0v) is 13.0. The number of hydrogen-bond acceptors (Lipinski definition) is 5. The predicted octanol–water partition coefficient (Wildman–Crippen LogP) is 1.55. The zero-order valence-electron chi connectivity index (χ0n) is 13.0. The number of rotatable bonds is 4. The summed E-state index contributed by atoms with van der Waals surface area (Å²) in [6, 6.07) is 0. The summed E-state index contributed by atoms with van der Waals surface area (Å²) in [7, 11) is 0. The minimum Gasteiger partial charge on any atom is -0.458 e. The first-order chi connectivity index (χ1) is 9.31. The highest BCUT2D eigenvalue weighted by Crippen LogP contribution is 2.29. The van der Waals surface area contributed by atoms with Gasteiger partial charge in [0.05, 0.1) is 13.2 Å². The molecule has 1 aliphatic carbocycles. The quantitative estimate of drug-likeness (QED) is 0.767. The Morgan fingerprint density at radius 1 is 1.30 bits per heavy atom. The standard InChI is InChI=1S/C10H18O.C5H10O4/c1-7(2)9-5-4-8(3)6-10(9)11;1-4(8)9-5(2-6)3-7/h7-9H,4-6H2,1-3H3;5-7H,2-3H2,1H3/t8-,9+;/m0./s1. The predicted molar refractivity (Wildman–Crippen MR) is 76.1 cm³/mol. The highest BCUT2D eigenvalue weighted by atomic mass is 16.6. The van der Waals surface area contributed by atoms with Crippen LogP contribution in [0.3, 0.4) is 0 Å². The Kier molecular flexibility index (Phi) is 9.42. The van der Waals surface area contributed by atoms with E-state index in [0.717, 1.165) is 12.8 Å². The van der Waals surface area contributed by atoms with Crippen LogP contribution in [0.4, 0.5) is 0 Å². The summed E-state index contributed by atoms with van der Waals surface area (Å²) in [6.45, 7) is 7.02. The normalized spacial score (nSPS) is 22.5. The molecular weight excluding hydrogens is 260 g/mol. The van der Waals surface area contributed by atoms with Crippen molar-refractivity contribution >= 4 is 11.8 Å². The van der Waals surface area contributed by atoms with Crippen molar-refractivity contribution in [3.8, 4) is 0 Å². The molecule has 0 amide bonds. The third-order valence-corrected chi connectivity index (χ3v) is 3.48. The molecule has 2 atom stereocenters. The lowest BCUT2D eigenvalue weighted by molar-refractivity contribution is -0.150. The molecule has 0 aromatic heterocycles. The summed E-state index contributed by atoms with van der Waals surface area (Å²) in [5.41, 5.74) is 0. The van der Waals surface area contributed by atoms with Gasteiger partial charge in [0.15, 0.2) is 0 Å². The van der Waals surface area contributed by atoms with Gasteiger partial charge in [0.2, 0.25) is 0 Å². The van der Waals surface area contributed by atoms with Crippen LogP contribution >= 0.6 is 0 Å². The molecule has 1 aliphatic rings. The summed E-state index contributed by atoms with van der Waals surface area (Å²) in [6.07, 6.45) is 2.43. The van der Waals surface area contributed by atoms with Gasteiger partial charge in [0, 0.05) is 19.3 Å². The number of esters is 1. The molecule has 20 heavy (non-hydrogen) atoms. The van der Waals surface area contributed by atoms with Crippen LogP contribution in [-0.2, 0) is 14.3 Å². The number of carbonyl (C=O) groups is 2. The SMILES string of the molecule is CC(=O)OC(CO)CO.CC(C)[C@H]1CC[C@H](C)CC1=O. The molecule has 1 rings (SSSR count). The minimum atomic E-state index is -0.762. The van der Waals surface area contributed by atoms with E-state index in [1.165, 1.54) is 13.3 Å². The topological polar surface area (TPSA) is 83.8 Å². The van der Waals surface area contributed by atoms with E-state index in [2.05, 4.69) is 25.5 Å². The fraction of sp³-hybridized carbons (Fsp3) is 0.867. The largest absolute Gasteiger partial charge is 0.458 e. The molecular formula is C15H28O5. The molecule has 0 unspecified atom stereocenters. The van der Waals surface area contributed by atoms with E-state index in [4.69, 9.17) is 10.2 Å². The second-order valence-electron chi connectivity index (χ2n) is 5.80. The summed E-state index contributed by atoms with van der Waals surface area (Å²) in [4.78, 5) is 21.6. The molecule has 0 aromatic carbocycles. The first-order valence-electron chi connectivity index (χ1n) is 7.23. The minimum absolute atomic E-state index is 0.337. The highest BCUT2D eigenvalue weighted by molar-refractivity contribution is 5.82. The van der Waals surface area contributed by atoms with Gasteiger partial charge < -0.3 is 14.9 Å². The van der Waals surface area contributed by atoms with Crippen molar-refractivity contribution in [1.82, 2.24) is 0 Å². The van der Waals surface area contributed by atoms with Gasteiger partial charge in [-0.2, -0.15) is 0 Å². The Labute approximate surface area is 121 Å². The zero-order chi connectivity index (χ0) is 15.7. The monoisotopic (exact) mass is 288 g/mol. The van der Waals surface area contributed by atoms with Crippen LogP contribution < -0.4 is 0 Å². The molecule has 5 nitrogen and oxygen atoms in total. The second-order valence-corrected chi connectivity index (χ2v) is 5.80. The average Bonchev–Trinajstić information content (AvgIpc) is 2.35. The maximum atomic E-state index is 11.4. The van der Waals surface area contributed by atoms with Gasteiger partial charge in [-0.05, 0) is 24.7 Å². The number of hydrogen-bond donors (Lipinski definition) is 2. The van der Waals surface area contributed by atoms with Crippen LogP contribution in [0.1, 0.15) is 47.0 Å². The lowest BCUT2D eigenvalue weighted by Crippen LogP contribution is -2.27. The number of ketones is 1. The number of carbonyl (C=O) groups excluding carboxylic acids is 2. The lowest BCUT2D eigenvalue weighted by Gasteiger charge is -2.27. The molecule has 0 aromatic rings. The van der Waals surface area contributed by atoms with Crippen molar-refractivity contribution in [3.05, 3.63) is 0 Å². The maximum Gasteiger partial charge on any atom is 0.303 e. The molecule has 118 valence electrons. The Hall–Kier alpha value is -0.940. The Bertz CT molecular complexity index is 297. The van der Waals surface area contributed by atoms with Crippen molar-refractivity contribution in [2.75, 3.05) is 13.2 Å². The van der Waals surface area contributed by atoms with Crippen LogP contribution in [-0.4, -0.2) is 41.3 Å². The van der Waals surface area contributed by atoms with Gasteiger partial charge in [-0.1, -0.05) is 20.8 Å². The van der Waals surface area contributed by atoms with E-state index >= 15 is 0 Å². The van der Waals surface area contributed by atoms with Crippen molar-refractivity contribution in [2.24, 2.45) is 17.8 Å². The van der Waals surface area contributed by atoms with E-state index in [9.17, 15) is 9.59 Å². The molecule has 5 heteroatoms. The molecule has 1 fully saturated rings. The van der Waals surface area contributed by atoms with E-state index in [-0.39, 0.29) is 13.2 Å². The fourth-order valence-electron chi connectivity index (χ4n) is 2.29. The molecule has 0 radical (unpaired) electrons. The first kappa shape index (κ1) is 19.1. The number of aliphatic hydroxyl groups excluding tert-OH is 2. The Balaban J connectivity index is 0.000000370. The van der Waals surface area contributed by atoms with Gasteiger partial charge in [0.25, 0.3) is 0 Å². The number of ether oxygens (including phenoxy) is 1. The van der Waals surface area contributed by atoms with E-state index in [0.29, 0.717) is 23.5 Å². The summed E-state index contributed by atoms with van der Waals surface area (Å²) < 4.78 is 4.41. The van der Waals surface area contributed by atoms with Gasteiger partial charge in [-0.15, -0.1) is 0 Å². The van der Waals surface area contributed by atoms with Crippen molar-refractivity contribution in [2.45, 2.75) is 53.1 Å². The summed E-state index contributed by atoms with van der Waals surface area (Å²) in [5.74, 6) is 1.56. The van der Waals surface area contributed by atoms with E-state index in [1.807, 2.05) is 0 Å². The van der Waals surface area contributed by atoms with Gasteiger partial charge in [0.1, 0.15) is 11.9 Å². The number of Topliss-reactive ketones (excluding diaryl/α,β-unsaturated/α-hetero) is 1. The van der Waals surface area contributed by atoms with Gasteiger partial charge in [-0.3, -0.25) is 9.59 Å². The van der Waals surface area contributed by atoms with Crippen LogP contribution in [0, 0.1) is 17.8 Å². The first-order valence-corrected chi connectivity index (χ1v) is 7.23. The van der Waals surface area contributed by atoms with Crippen LogP contribution in [0.5, 0.6) is 0 Å². The Morgan fingerprint density at radius 3 is 2.15 bits per heavy atom. The molecule has 0 bridgehead atoms. The highest BCUT2D eigenvalue weighted by Gasteiger charge is 2.27. The average molecular weight is 288 g/mol. The van der Waals surface area contributed by atoms with Crippen LogP contribution in [0.25, 0.3) is 0 Å². The van der Waals surface area contributed by atoms with Gasteiger partial charge >= 0.3 is 5.97 Å². The lowest BCUT2D eigenvalue weighted by atomic mass is 9.77. The molecule has 2 N–H and O–H groups in total.